The van der Waals surface area contributed by atoms with Gasteiger partial charge in [0.15, 0.2) is 17.3 Å². The lowest BCUT2D eigenvalue weighted by molar-refractivity contribution is -0.137. The molecule has 1 amide bonds. The predicted molar refractivity (Wildman–Crippen MR) is 60.6 cm³/mol. The topological polar surface area (TPSA) is 133 Å². The summed E-state index contributed by atoms with van der Waals surface area (Å²) in [6.45, 7) is 0.646. The van der Waals surface area contributed by atoms with Crippen molar-refractivity contribution in [3.63, 3.8) is 0 Å². The Morgan fingerprint density at radius 3 is 2.89 bits per heavy atom. The average molecular weight is 251 g/mol. The molecule has 2 rings (SSSR count). The number of hydrogen-bond acceptors (Lipinski definition) is 7. The monoisotopic (exact) mass is 251 g/mol. The highest BCUT2D eigenvalue weighted by Gasteiger charge is 2.44. The van der Waals surface area contributed by atoms with Crippen LogP contribution in [0.1, 0.15) is 6.92 Å². The first kappa shape index (κ1) is 12.0. The summed E-state index contributed by atoms with van der Waals surface area (Å²) in [5.74, 6) is -4.16. The second kappa shape index (κ2) is 4.11. The Hall–Kier alpha value is -2.42. The molecule has 0 saturated heterocycles. The molecule has 1 atom stereocenters. The molecular formula is C9H9N5O4. The van der Waals surface area contributed by atoms with Crippen LogP contribution in [0.15, 0.2) is 15.0 Å². The van der Waals surface area contributed by atoms with Crippen molar-refractivity contribution in [3.05, 3.63) is 0 Å². The highest BCUT2D eigenvalue weighted by Crippen LogP contribution is 2.13. The van der Waals surface area contributed by atoms with Crippen molar-refractivity contribution in [1.29, 1.82) is 0 Å². The van der Waals surface area contributed by atoms with Crippen LogP contribution in [0.25, 0.3) is 0 Å². The number of Topliss-reactive ketones (excluding diaryl/α,β-unsaturated/α-hetero) is 1. The van der Waals surface area contributed by atoms with Gasteiger partial charge in [0.2, 0.25) is 5.79 Å². The molecule has 2 aliphatic heterocycles. The molecule has 18 heavy (non-hydrogen) atoms. The lowest BCUT2D eigenvalue weighted by Gasteiger charge is -2.31. The zero-order valence-corrected chi connectivity index (χ0v) is 9.30. The molecule has 0 aromatic carbocycles. The van der Waals surface area contributed by atoms with E-state index in [4.69, 9.17) is 5.11 Å². The largest absolute Gasteiger partial charge is 0.480 e. The smallest absolute Gasteiger partial charge is 0.317 e. The quantitative estimate of drug-likeness (QED) is 0.527. The molecule has 94 valence electrons. The van der Waals surface area contributed by atoms with Crippen molar-refractivity contribution in [2.24, 2.45) is 15.0 Å². The Kier molecular flexibility index (Phi) is 2.75. The van der Waals surface area contributed by atoms with Gasteiger partial charge in [0, 0.05) is 6.92 Å². The average Bonchev–Trinajstić information content (AvgIpc) is 2.74. The Morgan fingerprint density at radius 2 is 2.28 bits per heavy atom. The van der Waals surface area contributed by atoms with Crippen molar-refractivity contribution < 1.29 is 19.5 Å². The normalized spacial score (nSPS) is 25.1. The first-order valence-corrected chi connectivity index (χ1v) is 4.95. The van der Waals surface area contributed by atoms with Crippen LogP contribution in [-0.2, 0) is 14.4 Å². The van der Waals surface area contributed by atoms with Crippen molar-refractivity contribution in [3.8, 4) is 0 Å². The number of amides is 1. The molecule has 1 unspecified atom stereocenters. The summed E-state index contributed by atoms with van der Waals surface area (Å²) >= 11 is 0. The van der Waals surface area contributed by atoms with E-state index in [0.29, 0.717) is 0 Å². The zero-order chi connectivity index (χ0) is 13.3. The minimum atomic E-state index is -1.80. The number of ketones is 1. The molecule has 9 heteroatoms. The van der Waals surface area contributed by atoms with E-state index in [0.717, 1.165) is 6.34 Å². The van der Waals surface area contributed by atoms with E-state index in [9.17, 15) is 14.4 Å². The summed E-state index contributed by atoms with van der Waals surface area (Å²) in [6, 6.07) is 0. The van der Waals surface area contributed by atoms with Gasteiger partial charge < -0.3 is 10.4 Å². The van der Waals surface area contributed by atoms with Crippen LogP contribution in [0.5, 0.6) is 0 Å². The third kappa shape index (κ3) is 1.91. The van der Waals surface area contributed by atoms with Gasteiger partial charge in [-0.1, -0.05) is 0 Å². The molecule has 0 spiro atoms. The molecule has 2 heterocycles. The fraction of sp³-hybridized carbons (Fsp3) is 0.333. The number of carboxylic acid groups (broad SMARTS) is 1. The van der Waals surface area contributed by atoms with Crippen LogP contribution >= 0.6 is 0 Å². The minimum Gasteiger partial charge on any atom is -0.480 e. The Morgan fingerprint density at radius 1 is 1.56 bits per heavy atom. The molecule has 0 aliphatic carbocycles. The number of aliphatic imine (C=N–C) groups is 3. The maximum atomic E-state index is 11.7. The SMILES string of the molecule is CC(=O)C1(NCC(=O)O)N=C2N=CN=C2C(=O)N1. The van der Waals surface area contributed by atoms with Crippen LogP contribution in [-0.4, -0.2) is 53.0 Å². The molecule has 3 N–H and O–H groups in total. The fourth-order valence-corrected chi connectivity index (χ4v) is 1.49. The van der Waals surface area contributed by atoms with Gasteiger partial charge in [-0.25, -0.2) is 15.0 Å². The molecule has 2 aliphatic rings. The van der Waals surface area contributed by atoms with Gasteiger partial charge in [-0.2, -0.15) is 0 Å². The highest BCUT2D eigenvalue weighted by molar-refractivity contribution is 6.70. The summed E-state index contributed by atoms with van der Waals surface area (Å²) in [5.41, 5.74) is 0.00370. The number of nitrogens with zero attached hydrogens (tertiary/aromatic N) is 3. The van der Waals surface area contributed by atoms with Gasteiger partial charge >= 0.3 is 5.97 Å². The van der Waals surface area contributed by atoms with Crippen LogP contribution < -0.4 is 10.6 Å². The summed E-state index contributed by atoms with van der Waals surface area (Å²) in [4.78, 5) is 45.2. The van der Waals surface area contributed by atoms with Crippen LogP contribution in [0.2, 0.25) is 0 Å². The molecule has 9 nitrogen and oxygen atoms in total. The third-order valence-electron chi connectivity index (χ3n) is 2.37. The number of carbonyl (C=O) groups is 3. The van der Waals surface area contributed by atoms with E-state index in [1.807, 2.05) is 0 Å². The van der Waals surface area contributed by atoms with Gasteiger partial charge in [0.25, 0.3) is 5.91 Å². The number of amidine groups is 1. The lowest BCUT2D eigenvalue weighted by Crippen LogP contribution is -2.67. The summed E-state index contributed by atoms with van der Waals surface area (Å²) in [6.07, 6.45) is 1.14. The van der Waals surface area contributed by atoms with E-state index >= 15 is 0 Å². The van der Waals surface area contributed by atoms with E-state index in [1.54, 1.807) is 0 Å². The van der Waals surface area contributed by atoms with Gasteiger partial charge in [0.1, 0.15) is 6.34 Å². The van der Waals surface area contributed by atoms with E-state index in [2.05, 4.69) is 25.6 Å². The third-order valence-corrected chi connectivity index (χ3v) is 2.37. The van der Waals surface area contributed by atoms with E-state index < -0.39 is 30.0 Å². The van der Waals surface area contributed by atoms with Crippen molar-refractivity contribution in [2.45, 2.75) is 12.7 Å². The zero-order valence-electron chi connectivity index (χ0n) is 9.30. The first-order chi connectivity index (χ1) is 8.44. The van der Waals surface area contributed by atoms with E-state index in [-0.39, 0.29) is 11.5 Å². The van der Waals surface area contributed by atoms with Gasteiger partial charge in [0.05, 0.1) is 6.54 Å². The highest BCUT2D eigenvalue weighted by atomic mass is 16.4. The number of hydrogen-bond donors (Lipinski definition) is 3. The molecule has 0 fully saturated rings. The fourth-order valence-electron chi connectivity index (χ4n) is 1.49. The molecular weight excluding hydrogens is 242 g/mol. The second-order valence-electron chi connectivity index (χ2n) is 3.63. The number of fused-ring (bicyclic) bond motifs is 1. The molecule has 0 aromatic rings. The van der Waals surface area contributed by atoms with E-state index in [1.165, 1.54) is 6.92 Å². The molecule has 0 radical (unpaired) electrons. The molecule has 0 bridgehead atoms. The van der Waals surface area contributed by atoms with Crippen LogP contribution in [0.4, 0.5) is 0 Å². The number of nitrogens with one attached hydrogen (secondary N) is 2. The maximum Gasteiger partial charge on any atom is 0.317 e. The standard InChI is InChI=1S/C9H9N5O4/c1-4(15)9(12-2-5(16)17)13-7-6(8(18)14-9)10-3-11-7/h3,12H,2H2,1H3,(H,14,18)(H,16,17). The summed E-state index contributed by atoms with van der Waals surface area (Å²) in [5, 5.41) is 13.3. The van der Waals surface area contributed by atoms with Crippen molar-refractivity contribution in [1.82, 2.24) is 10.6 Å². The number of rotatable bonds is 4. The Bertz CT molecular complexity index is 535. The summed E-state index contributed by atoms with van der Waals surface area (Å²) < 4.78 is 0. The second-order valence-corrected chi connectivity index (χ2v) is 3.63. The Labute approximate surface area is 101 Å². The summed E-state index contributed by atoms with van der Waals surface area (Å²) in [7, 11) is 0. The van der Waals surface area contributed by atoms with Crippen molar-refractivity contribution in [2.75, 3.05) is 6.54 Å². The Balaban J connectivity index is 2.37. The maximum absolute atomic E-state index is 11.7. The predicted octanol–water partition coefficient (Wildman–Crippen LogP) is -2.09. The number of carbonyl (C=O) groups excluding carboxylic acids is 2. The lowest BCUT2D eigenvalue weighted by atomic mass is 10.1. The van der Waals surface area contributed by atoms with Crippen LogP contribution in [0, 0.1) is 0 Å². The van der Waals surface area contributed by atoms with Gasteiger partial charge in [-0.15, -0.1) is 0 Å². The van der Waals surface area contributed by atoms with Crippen LogP contribution in [0.3, 0.4) is 0 Å². The minimum absolute atomic E-state index is 0.00370. The van der Waals surface area contributed by atoms with Gasteiger partial charge in [-0.05, 0) is 0 Å². The molecule has 0 aromatic heterocycles. The van der Waals surface area contributed by atoms with Gasteiger partial charge in [-0.3, -0.25) is 19.7 Å². The number of carboxylic acids is 1. The number of aliphatic carboxylic acids is 1. The first-order valence-electron chi connectivity index (χ1n) is 4.95. The van der Waals surface area contributed by atoms with Crippen molar-refractivity contribution >= 4 is 35.5 Å². The molecule has 0 saturated carbocycles.